The van der Waals surface area contributed by atoms with Crippen molar-refractivity contribution in [2.45, 2.75) is 25.4 Å². The second kappa shape index (κ2) is 3.26. The van der Waals surface area contributed by atoms with E-state index in [2.05, 4.69) is 4.18 Å². The third-order valence-electron chi connectivity index (χ3n) is 1.80. The molecule has 0 aromatic heterocycles. The second-order valence-corrected chi connectivity index (χ2v) is 4.59. The molecule has 0 heterocycles. The molecule has 0 aromatic carbocycles. The van der Waals surface area contributed by atoms with Gasteiger partial charge < -0.3 is 0 Å². The van der Waals surface area contributed by atoms with Gasteiger partial charge in [0.05, 0.1) is 12.4 Å². The highest BCUT2D eigenvalue weighted by Gasteiger charge is 2.37. The zero-order chi connectivity index (χ0) is 9.35. The number of rotatable bonds is 3. The molecule has 0 aromatic rings. The predicted molar refractivity (Wildman–Crippen MR) is 38.4 cm³/mol. The Bertz CT molecular complexity index is 244. The maximum absolute atomic E-state index is 11.9. The van der Waals surface area contributed by atoms with E-state index in [1.807, 2.05) is 0 Å². The minimum Gasteiger partial charge on any atom is -0.267 e. The average Bonchev–Trinajstić information content (AvgIpc) is 1.74. The summed E-state index contributed by atoms with van der Waals surface area (Å²) in [6.45, 7) is 0. The third kappa shape index (κ3) is 2.67. The van der Waals surface area contributed by atoms with Crippen LogP contribution in [0, 0.1) is 5.92 Å². The van der Waals surface area contributed by atoms with E-state index in [9.17, 15) is 17.2 Å². The lowest BCUT2D eigenvalue weighted by molar-refractivity contribution is -0.0302. The van der Waals surface area contributed by atoms with Gasteiger partial charge in [0.2, 0.25) is 6.43 Å². The minimum absolute atomic E-state index is 0.144. The molecule has 72 valence electrons. The van der Waals surface area contributed by atoms with Crippen molar-refractivity contribution in [3.8, 4) is 0 Å². The summed E-state index contributed by atoms with van der Waals surface area (Å²) in [5, 5.41) is 0. The normalized spacial score (nSPS) is 30.3. The van der Waals surface area contributed by atoms with Gasteiger partial charge in [-0.2, -0.15) is 8.42 Å². The summed E-state index contributed by atoms with van der Waals surface area (Å²) >= 11 is 0. The van der Waals surface area contributed by atoms with Gasteiger partial charge in [-0.15, -0.1) is 0 Å². The highest BCUT2D eigenvalue weighted by molar-refractivity contribution is 7.86. The Labute approximate surface area is 69.8 Å². The summed E-state index contributed by atoms with van der Waals surface area (Å²) in [6, 6.07) is 0. The fourth-order valence-electron chi connectivity index (χ4n) is 1.14. The van der Waals surface area contributed by atoms with Crippen LogP contribution in [0.5, 0.6) is 0 Å². The molecular formula is C6H10F2O3S. The lowest BCUT2D eigenvalue weighted by atomic mass is 9.83. The van der Waals surface area contributed by atoms with Gasteiger partial charge in [0, 0.05) is 5.92 Å². The van der Waals surface area contributed by atoms with Crippen molar-refractivity contribution in [2.24, 2.45) is 5.92 Å². The van der Waals surface area contributed by atoms with E-state index < -0.39 is 28.6 Å². The second-order valence-electron chi connectivity index (χ2n) is 2.99. The monoisotopic (exact) mass is 200 g/mol. The lowest BCUT2D eigenvalue weighted by Gasteiger charge is -2.33. The van der Waals surface area contributed by atoms with E-state index in [-0.39, 0.29) is 12.8 Å². The molecule has 0 unspecified atom stereocenters. The molecule has 0 saturated heterocycles. The van der Waals surface area contributed by atoms with E-state index >= 15 is 0 Å². The van der Waals surface area contributed by atoms with E-state index in [1.54, 1.807) is 0 Å². The molecule has 0 radical (unpaired) electrons. The van der Waals surface area contributed by atoms with Crippen LogP contribution in [-0.4, -0.2) is 27.2 Å². The zero-order valence-corrected chi connectivity index (χ0v) is 7.35. The Kier molecular flexibility index (Phi) is 2.67. The summed E-state index contributed by atoms with van der Waals surface area (Å²) < 4.78 is 49.3. The molecule has 0 aliphatic heterocycles. The molecule has 6 heteroatoms. The highest BCUT2D eigenvalue weighted by Crippen LogP contribution is 2.35. The Morgan fingerprint density at radius 2 is 1.92 bits per heavy atom. The third-order valence-corrected chi connectivity index (χ3v) is 2.42. The Balaban J connectivity index is 2.27. The van der Waals surface area contributed by atoms with Gasteiger partial charge >= 0.3 is 0 Å². The van der Waals surface area contributed by atoms with Crippen LogP contribution in [0.4, 0.5) is 8.78 Å². The quantitative estimate of drug-likeness (QED) is 0.638. The SMILES string of the molecule is CS(=O)(=O)OC1CC(C(F)F)C1. The zero-order valence-electron chi connectivity index (χ0n) is 6.54. The van der Waals surface area contributed by atoms with Crippen LogP contribution >= 0.6 is 0 Å². The first-order valence-corrected chi connectivity index (χ1v) is 5.36. The molecule has 1 rings (SSSR count). The van der Waals surface area contributed by atoms with Gasteiger partial charge in [-0.05, 0) is 12.8 Å². The maximum atomic E-state index is 11.9. The molecular weight excluding hydrogens is 190 g/mol. The van der Waals surface area contributed by atoms with Crippen molar-refractivity contribution in [1.29, 1.82) is 0 Å². The van der Waals surface area contributed by atoms with Crippen molar-refractivity contribution >= 4 is 10.1 Å². The summed E-state index contributed by atoms with van der Waals surface area (Å²) in [6.07, 6.45) is -1.68. The molecule has 0 spiro atoms. The van der Waals surface area contributed by atoms with Gasteiger partial charge in [0.1, 0.15) is 0 Å². The number of hydrogen-bond donors (Lipinski definition) is 0. The van der Waals surface area contributed by atoms with Gasteiger partial charge in [0.15, 0.2) is 0 Å². The van der Waals surface area contributed by atoms with Crippen molar-refractivity contribution < 1.29 is 21.4 Å². The van der Waals surface area contributed by atoms with Gasteiger partial charge in [-0.25, -0.2) is 8.78 Å². The molecule has 12 heavy (non-hydrogen) atoms. The van der Waals surface area contributed by atoms with E-state index in [1.165, 1.54) is 0 Å². The first-order valence-electron chi connectivity index (χ1n) is 3.55. The summed E-state index contributed by atoms with van der Waals surface area (Å²) in [5.74, 6) is -0.684. The molecule has 1 aliphatic rings. The summed E-state index contributed by atoms with van der Waals surface area (Å²) in [4.78, 5) is 0. The lowest BCUT2D eigenvalue weighted by Crippen LogP contribution is -2.36. The van der Waals surface area contributed by atoms with Crippen LogP contribution in [0.25, 0.3) is 0 Å². The topological polar surface area (TPSA) is 43.4 Å². The highest BCUT2D eigenvalue weighted by atomic mass is 32.2. The Morgan fingerprint density at radius 3 is 2.25 bits per heavy atom. The Morgan fingerprint density at radius 1 is 1.42 bits per heavy atom. The van der Waals surface area contributed by atoms with Crippen molar-refractivity contribution in [3.05, 3.63) is 0 Å². The largest absolute Gasteiger partial charge is 0.267 e. The fraction of sp³-hybridized carbons (Fsp3) is 1.00. The van der Waals surface area contributed by atoms with Crippen LogP contribution in [0.3, 0.4) is 0 Å². The van der Waals surface area contributed by atoms with Crippen LogP contribution in [0.1, 0.15) is 12.8 Å². The van der Waals surface area contributed by atoms with Crippen LogP contribution in [0.15, 0.2) is 0 Å². The van der Waals surface area contributed by atoms with E-state index in [4.69, 9.17) is 0 Å². The first kappa shape index (κ1) is 9.85. The van der Waals surface area contributed by atoms with E-state index in [0.29, 0.717) is 0 Å². The maximum Gasteiger partial charge on any atom is 0.264 e. The number of halogens is 2. The Hall–Kier alpha value is -0.230. The summed E-state index contributed by atoms with van der Waals surface area (Å²) in [7, 11) is -3.48. The molecule has 0 amide bonds. The fourth-order valence-corrected chi connectivity index (χ4v) is 1.79. The minimum atomic E-state index is -3.48. The molecule has 0 atom stereocenters. The average molecular weight is 200 g/mol. The van der Waals surface area contributed by atoms with Crippen molar-refractivity contribution in [1.82, 2.24) is 0 Å². The van der Waals surface area contributed by atoms with Gasteiger partial charge in [0.25, 0.3) is 10.1 Å². The molecule has 3 nitrogen and oxygen atoms in total. The van der Waals surface area contributed by atoms with Crippen LogP contribution in [0.2, 0.25) is 0 Å². The summed E-state index contributed by atoms with van der Waals surface area (Å²) in [5.41, 5.74) is 0. The van der Waals surface area contributed by atoms with Crippen LogP contribution in [-0.2, 0) is 14.3 Å². The molecule has 0 bridgehead atoms. The van der Waals surface area contributed by atoms with Crippen molar-refractivity contribution in [3.63, 3.8) is 0 Å². The predicted octanol–water partition coefficient (Wildman–Crippen LogP) is 1.01. The molecule has 1 saturated carbocycles. The molecule has 1 fully saturated rings. The number of hydrogen-bond acceptors (Lipinski definition) is 3. The number of alkyl halides is 2. The van der Waals surface area contributed by atoms with Crippen molar-refractivity contribution in [2.75, 3.05) is 6.26 Å². The van der Waals surface area contributed by atoms with Gasteiger partial charge in [-0.1, -0.05) is 0 Å². The smallest absolute Gasteiger partial charge is 0.264 e. The van der Waals surface area contributed by atoms with Gasteiger partial charge in [-0.3, -0.25) is 4.18 Å². The van der Waals surface area contributed by atoms with E-state index in [0.717, 1.165) is 6.26 Å². The first-order chi connectivity index (χ1) is 5.38. The molecule has 0 N–H and O–H groups in total. The van der Waals surface area contributed by atoms with Crippen LogP contribution < -0.4 is 0 Å². The molecule has 1 aliphatic carbocycles. The standard InChI is InChI=1S/C6H10F2O3S/c1-12(9,10)11-5-2-4(3-5)6(7)8/h4-6H,2-3H2,1H3.